The summed E-state index contributed by atoms with van der Waals surface area (Å²) < 4.78 is 0. The Bertz CT molecular complexity index is 496. The minimum Gasteiger partial charge on any atom is -0.396 e. The summed E-state index contributed by atoms with van der Waals surface area (Å²) in [6.45, 7) is 8.62. The Morgan fingerprint density at radius 3 is 2.59 bits per heavy atom. The number of nitrogens with zero attached hydrogens (tertiary/aromatic N) is 1. The van der Waals surface area contributed by atoms with Gasteiger partial charge < -0.3 is 15.3 Å². The largest absolute Gasteiger partial charge is 0.396 e. The third-order valence-corrected chi connectivity index (χ3v) is 4.66. The van der Waals surface area contributed by atoms with E-state index < -0.39 is 0 Å². The van der Waals surface area contributed by atoms with Crippen molar-refractivity contribution >= 4 is 6.03 Å². The van der Waals surface area contributed by atoms with Crippen LogP contribution in [0.4, 0.5) is 4.79 Å². The predicted molar refractivity (Wildman–Crippen MR) is 89.0 cm³/mol. The van der Waals surface area contributed by atoms with Gasteiger partial charge in [0.25, 0.3) is 0 Å². The van der Waals surface area contributed by atoms with Gasteiger partial charge in [-0.05, 0) is 24.0 Å². The molecule has 1 unspecified atom stereocenters. The number of urea groups is 1. The topological polar surface area (TPSA) is 52.6 Å². The van der Waals surface area contributed by atoms with Crippen LogP contribution in [0.5, 0.6) is 0 Å². The van der Waals surface area contributed by atoms with Crippen molar-refractivity contribution in [3.05, 3.63) is 35.4 Å². The van der Waals surface area contributed by atoms with E-state index in [1.165, 1.54) is 11.1 Å². The number of amides is 2. The van der Waals surface area contributed by atoms with Gasteiger partial charge in [0.15, 0.2) is 0 Å². The number of aliphatic hydroxyl groups excluding tert-OH is 1. The Kier molecular flexibility index (Phi) is 5.46. The van der Waals surface area contributed by atoms with Gasteiger partial charge in [-0.1, -0.05) is 45.0 Å². The maximum absolute atomic E-state index is 12.2. The molecule has 1 aliphatic heterocycles. The molecule has 4 heteroatoms. The Hall–Kier alpha value is -1.55. The highest BCUT2D eigenvalue weighted by Gasteiger charge is 2.27. The quantitative estimate of drug-likeness (QED) is 0.878. The van der Waals surface area contributed by atoms with Crippen LogP contribution >= 0.6 is 0 Å². The van der Waals surface area contributed by atoms with Crippen LogP contribution in [0.3, 0.4) is 0 Å². The number of hydrogen-bond acceptors (Lipinski definition) is 2. The molecule has 4 nitrogen and oxygen atoms in total. The third-order valence-electron chi connectivity index (χ3n) is 4.66. The summed E-state index contributed by atoms with van der Waals surface area (Å²) in [6, 6.07) is 8.61. The first-order valence-electron chi connectivity index (χ1n) is 8.19. The number of hydrogen-bond donors (Lipinski definition) is 2. The van der Waals surface area contributed by atoms with Crippen LogP contribution in [0, 0.1) is 5.92 Å². The molecule has 1 aromatic carbocycles. The minimum absolute atomic E-state index is 0.0193. The Morgan fingerprint density at radius 1 is 1.36 bits per heavy atom. The standard InChI is InChI=1S/C18H28N2O2/c1-4-14-5-7-16(8-6-14)18(2,3)13-19-17(22)20-10-9-15(11-20)12-21/h5-8,15,21H,4,9-13H2,1-3H3,(H,19,22). The second-order valence-electron chi connectivity index (χ2n) is 6.88. The van der Waals surface area contributed by atoms with Gasteiger partial charge in [-0.2, -0.15) is 0 Å². The molecule has 0 aliphatic carbocycles. The van der Waals surface area contributed by atoms with Crippen LogP contribution in [-0.2, 0) is 11.8 Å². The molecule has 1 fully saturated rings. The fraction of sp³-hybridized carbons (Fsp3) is 0.611. The maximum Gasteiger partial charge on any atom is 0.317 e. The number of carbonyl (C=O) groups excluding carboxylic acids is 1. The molecule has 2 N–H and O–H groups in total. The average Bonchev–Trinajstić information content (AvgIpc) is 3.02. The van der Waals surface area contributed by atoms with Crippen molar-refractivity contribution in [2.75, 3.05) is 26.2 Å². The zero-order valence-electron chi connectivity index (χ0n) is 13.9. The van der Waals surface area contributed by atoms with Gasteiger partial charge in [-0.3, -0.25) is 0 Å². The average molecular weight is 304 g/mol. The lowest BCUT2D eigenvalue weighted by Gasteiger charge is -2.27. The normalized spacial score (nSPS) is 18.5. The number of benzene rings is 1. The molecule has 1 aromatic rings. The first kappa shape index (κ1) is 16.8. The molecule has 1 atom stereocenters. The first-order valence-corrected chi connectivity index (χ1v) is 8.19. The van der Waals surface area contributed by atoms with E-state index in [9.17, 15) is 4.79 Å². The summed E-state index contributed by atoms with van der Waals surface area (Å²) in [5.41, 5.74) is 2.47. The molecule has 1 heterocycles. The van der Waals surface area contributed by atoms with Crippen LogP contribution in [-0.4, -0.2) is 42.3 Å². The number of nitrogens with one attached hydrogen (secondary N) is 1. The van der Waals surface area contributed by atoms with Crippen molar-refractivity contribution in [3.63, 3.8) is 0 Å². The molecule has 122 valence electrons. The molecule has 2 rings (SSSR count). The lowest BCUT2D eigenvalue weighted by Crippen LogP contribution is -2.44. The fourth-order valence-corrected chi connectivity index (χ4v) is 2.87. The molecule has 1 aliphatic rings. The lowest BCUT2D eigenvalue weighted by atomic mass is 9.84. The number of rotatable bonds is 5. The highest BCUT2D eigenvalue weighted by atomic mass is 16.3. The van der Waals surface area contributed by atoms with Crippen LogP contribution in [0.15, 0.2) is 24.3 Å². The number of aryl methyl sites for hydroxylation is 1. The Labute approximate surface area is 133 Å². The summed E-state index contributed by atoms with van der Waals surface area (Å²) >= 11 is 0. The van der Waals surface area contributed by atoms with Gasteiger partial charge in [0.1, 0.15) is 0 Å². The van der Waals surface area contributed by atoms with Crippen molar-refractivity contribution in [2.45, 2.75) is 39.0 Å². The number of likely N-dealkylation sites (tertiary alicyclic amines) is 1. The summed E-state index contributed by atoms with van der Waals surface area (Å²) in [6.07, 6.45) is 1.93. The first-order chi connectivity index (χ1) is 10.5. The van der Waals surface area contributed by atoms with Crippen LogP contribution in [0.1, 0.15) is 38.3 Å². The van der Waals surface area contributed by atoms with Crippen molar-refractivity contribution in [2.24, 2.45) is 5.92 Å². The van der Waals surface area contributed by atoms with E-state index in [2.05, 4.69) is 50.4 Å². The van der Waals surface area contributed by atoms with E-state index >= 15 is 0 Å². The monoisotopic (exact) mass is 304 g/mol. The smallest absolute Gasteiger partial charge is 0.317 e. The van der Waals surface area contributed by atoms with E-state index in [4.69, 9.17) is 5.11 Å². The number of carbonyl (C=O) groups is 1. The van der Waals surface area contributed by atoms with Crippen molar-refractivity contribution < 1.29 is 9.90 Å². The SMILES string of the molecule is CCc1ccc(C(C)(C)CNC(=O)N2CCC(CO)C2)cc1. The van der Waals surface area contributed by atoms with E-state index in [0.717, 1.165) is 19.4 Å². The molecule has 0 saturated carbocycles. The van der Waals surface area contributed by atoms with Gasteiger partial charge >= 0.3 is 6.03 Å². The fourth-order valence-electron chi connectivity index (χ4n) is 2.87. The maximum atomic E-state index is 12.2. The number of aliphatic hydroxyl groups is 1. The molecule has 0 aromatic heterocycles. The molecule has 0 radical (unpaired) electrons. The molecule has 2 amide bonds. The molecule has 22 heavy (non-hydrogen) atoms. The Morgan fingerprint density at radius 2 is 2.05 bits per heavy atom. The molecular weight excluding hydrogens is 276 g/mol. The second kappa shape index (κ2) is 7.14. The summed E-state index contributed by atoms with van der Waals surface area (Å²) in [5, 5.41) is 12.2. The van der Waals surface area contributed by atoms with Crippen molar-refractivity contribution in [1.29, 1.82) is 0 Å². The predicted octanol–water partition coefficient (Wildman–Crippen LogP) is 2.55. The second-order valence-corrected chi connectivity index (χ2v) is 6.88. The van der Waals surface area contributed by atoms with Crippen LogP contribution in [0.25, 0.3) is 0 Å². The van der Waals surface area contributed by atoms with E-state index in [-0.39, 0.29) is 24.0 Å². The highest BCUT2D eigenvalue weighted by Crippen LogP contribution is 2.23. The van der Waals surface area contributed by atoms with Gasteiger partial charge in [0, 0.05) is 37.6 Å². The van der Waals surface area contributed by atoms with Gasteiger partial charge in [-0.25, -0.2) is 4.79 Å². The molecule has 0 spiro atoms. The summed E-state index contributed by atoms with van der Waals surface area (Å²) in [4.78, 5) is 14.0. The van der Waals surface area contributed by atoms with Crippen molar-refractivity contribution in [1.82, 2.24) is 10.2 Å². The van der Waals surface area contributed by atoms with E-state index in [1.807, 2.05) is 0 Å². The van der Waals surface area contributed by atoms with Crippen molar-refractivity contribution in [3.8, 4) is 0 Å². The molecular formula is C18H28N2O2. The third kappa shape index (κ3) is 4.01. The molecule has 1 saturated heterocycles. The Balaban J connectivity index is 1.90. The summed E-state index contributed by atoms with van der Waals surface area (Å²) in [7, 11) is 0. The minimum atomic E-state index is -0.0992. The van der Waals surface area contributed by atoms with Gasteiger partial charge in [0.2, 0.25) is 0 Å². The zero-order chi connectivity index (χ0) is 16.2. The zero-order valence-corrected chi connectivity index (χ0v) is 13.9. The summed E-state index contributed by atoms with van der Waals surface area (Å²) in [5.74, 6) is 0.236. The van der Waals surface area contributed by atoms with Crippen LogP contribution in [0.2, 0.25) is 0 Å². The van der Waals surface area contributed by atoms with E-state index in [0.29, 0.717) is 13.1 Å². The highest BCUT2D eigenvalue weighted by molar-refractivity contribution is 5.74. The lowest BCUT2D eigenvalue weighted by molar-refractivity contribution is 0.196. The van der Waals surface area contributed by atoms with Gasteiger partial charge in [0.05, 0.1) is 0 Å². The van der Waals surface area contributed by atoms with E-state index in [1.54, 1.807) is 4.90 Å². The van der Waals surface area contributed by atoms with Crippen LogP contribution < -0.4 is 5.32 Å². The van der Waals surface area contributed by atoms with Gasteiger partial charge in [-0.15, -0.1) is 0 Å². The molecule has 0 bridgehead atoms.